The minimum atomic E-state index is 0.839. The molecular formula is C16H23NO. The molecule has 0 spiro atoms. The molecule has 0 saturated carbocycles. The number of methoxy groups -OCH3 is 1. The van der Waals surface area contributed by atoms with Crippen LogP contribution >= 0.6 is 0 Å². The van der Waals surface area contributed by atoms with Crippen LogP contribution < -0.4 is 10.1 Å². The van der Waals surface area contributed by atoms with E-state index in [0.717, 1.165) is 31.2 Å². The van der Waals surface area contributed by atoms with E-state index in [1.54, 1.807) is 7.11 Å². The zero-order valence-electron chi connectivity index (χ0n) is 11.2. The summed E-state index contributed by atoms with van der Waals surface area (Å²) >= 11 is 0. The molecule has 0 amide bonds. The Morgan fingerprint density at radius 1 is 1.22 bits per heavy atom. The minimum Gasteiger partial charge on any atom is -0.497 e. The molecule has 1 N–H and O–H groups in total. The van der Waals surface area contributed by atoms with E-state index in [2.05, 4.69) is 29.6 Å². The van der Waals surface area contributed by atoms with Gasteiger partial charge in [-0.2, -0.15) is 0 Å². The van der Waals surface area contributed by atoms with Crippen molar-refractivity contribution in [2.75, 3.05) is 20.2 Å². The summed E-state index contributed by atoms with van der Waals surface area (Å²) in [5, 5.41) is 3.57. The molecule has 0 heterocycles. The fourth-order valence-corrected chi connectivity index (χ4v) is 2.37. The number of nitrogens with one attached hydrogen (secondary N) is 1. The lowest BCUT2D eigenvalue weighted by atomic mass is 9.94. The third-order valence-corrected chi connectivity index (χ3v) is 3.56. The van der Waals surface area contributed by atoms with E-state index >= 15 is 0 Å². The maximum absolute atomic E-state index is 5.15. The van der Waals surface area contributed by atoms with Crippen molar-refractivity contribution in [1.29, 1.82) is 0 Å². The molecule has 18 heavy (non-hydrogen) atoms. The summed E-state index contributed by atoms with van der Waals surface area (Å²) in [5.74, 6) is 1.77. The number of ether oxygens (including phenoxy) is 1. The van der Waals surface area contributed by atoms with E-state index in [1.807, 2.05) is 12.1 Å². The van der Waals surface area contributed by atoms with Crippen LogP contribution in [0.3, 0.4) is 0 Å². The third kappa shape index (κ3) is 4.19. The van der Waals surface area contributed by atoms with Crippen LogP contribution in [-0.2, 0) is 6.42 Å². The first-order valence-corrected chi connectivity index (χ1v) is 6.87. The van der Waals surface area contributed by atoms with E-state index in [4.69, 9.17) is 4.74 Å². The van der Waals surface area contributed by atoms with Crippen LogP contribution in [0.1, 0.15) is 24.8 Å². The van der Waals surface area contributed by atoms with E-state index in [-0.39, 0.29) is 0 Å². The highest BCUT2D eigenvalue weighted by Gasteiger charge is 2.08. The smallest absolute Gasteiger partial charge is 0.118 e. The summed E-state index contributed by atoms with van der Waals surface area (Å²) in [5.41, 5.74) is 1.37. The summed E-state index contributed by atoms with van der Waals surface area (Å²) in [4.78, 5) is 0. The average Bonchev–Trinajstić information content (AvgIpc) is 2.45. The van der Waals surface area contributed by atoms with Gasteiger partial charge in [0.15, 0.2) is 0 Å². The van der Waals surface area contributed by atoms with Crippen molar-refractivity contribution in [3.05, 3.63) is 42.0 Å². The molecule has 0 aliphatic heterocycles. The molecule has 1 aliphatic carbocycles. The molecule has 1 atom stereocenters. The zero-order chi connectivity index (χ0) is 12.6. The molecule has 0 bridgehead atoms. The van der Waals surface area contributed by atoms with Crippen LogP contribution in [-0.4, -0.2) is 20.2 Å². The van der Waals surface area contributed by atoms with E-state index < -0.39 is 0 Å². The second-order valence-corrected chi connectivity index (χ2v) is 4.95. The number of benzene rings is 1. The Labute approximate surface area is 110 Å². The predicted octanol–water partition coefficient (Wildman–Crippen LogP) is 3.18. The molecule has 0 fully saturated rings. The van der Waals surface area contributed by atoms with Crippen molar-refractivity contribution in [2.24, 2.45) is 5.92 Å². The molecule has 1 aromatic rings. The monoisotopic (exact) mass is 245 g/mol. The fourth-order valence-electron chi connectivity index (χ4n) is 2.37. The lowest BCUT2D eigenvalue weighted by Crippen LogP contribution is -2.25. The summed E-state index contributed by atoms with van der Waals surface area (Å²) in [6.45, 7) is 2.22. The van der Waals surface area contributed by atoms with Gasteiger partial charge >= 0.3 is 0 Å². The highest BCUT2D eigenvalue weighted by atomic mass is 16.5. The van der Waals surface area contributed by atoms with Gasteiger partial charge in [-0.25, -0.2) is 0 Å². The maximum Gasteiger partial charge on any atom is 0.118 e. The summed E-state index contributed by atoms with van der Waals surface area (Å²) in [7, 11) is 1.70. The predicted molar refractivity (Wildman–Crippen MR) is 76.0 cm³/mol. The summed E-state index contributed by atoms with van der Waals surface area (Å²) in [6, 6.07) is 8.34. The molecular weight excluding hydrogens is 222 g/mol. The topological polar surface area (TPSA) is 21.3 Å². The van der Waals surface area contributed by atoms with Crippen molar-refractivity contribution in [1.82, 2.24) is 5.32 Å². The van der Waals surface area contributed by atoms with E-state index in [0.29, 0.717) is 0 Å². The van der Waals surface area contributed by atoms with Gasteiger partial charge in [-0.05, 0) is 62.4 Å². The third-order valence-electron chi connectivity index (χ3n) is 3.56. The Bertz CT molecular complexity index is 369. The van der Waals surface area contributed by atoms with Crippen LogP contribution in [0.5, 0.6) is 5.75 Å². The van der Waals surface area contributed by atoms with Gasteiger partial charge in [0.05, 0.1) is 7.11 Å². The second-order valence-electron chi connectivity index (χ2n) is 4.95. The Kier molecular flexibility index (Phi) is 5.28. The lowest BCUT2D eigenvalue weighted by molar-refractivity contribution is 0.414. The van der Waals surface area contributed by atoms with Crippen LogP contribution in [0.4, 0.5) is 0 Å². The van der Waals surface area contributed by atoms with Crippen molar-refractivity contribution in [3.8, 4) is 5.75 Å². The van der Waals surface area contributed by atoms with Crippen LogP contribution in [0.2, 0.25) is 0 Å². The second kappa shape index (κ2) is 7.22. The molecule has 0 radical (unpaired) electrons. The normalized spacial score (nSPS) is 18.8. The molecule has 2 nitrogen and oxygen atoms in total. The minimum absolute atomic E-state index is 0.839. The highest BCUT2D eigenvalue weighted by Crippen LogP contribution is 2.17. The van der Waals surface area contributed by atoms with Crippen molar-refractivity contribution < 1.29 is 4.74 Å². The standard InChI is InChI=1S/C16H23NO/c1-18-16-9-7-14(8-10-16)11-12-17-13-15-5-3-2-4-6-15/h2-3,7-10,15,17H,4-6,11-13H2,1H3/t15-/m1/s1. The molecule has 1 aromatic carbocycles. The molecule has 0 aromatic heterocycles. The van der Waals surface area contributed by atoms with E-state index in [9.17, 15) is 0 Å². The largest absolute Gasteiger partial charge is 0.497 e. The summed E-state index contributed by atoms with van der Waals surface area (Å²) < 4.78 is 5.15. The van der Waals surface area contributed by atoms with Gasteiger partial charge in [0.2, 0.25) is 0 Å². The number of hydrogen-bond acceptors (Lipinski definition) is 2. The zero-order valence-corrected chi connectivity index (χ0v) is 11.2. The molecule has 0 unspecified atom stereocenters. The SMILES string of the molecule is COc1ccc(CCNC[C@@H]2CC=CCC2)cc1. The Balaban J connectivity index is 1.63. The fraction of sp³-hybridized carbons (Fsp3) is 0.500. The first-order chi connectivity index (χ1) is 8.88. The number of allylic oxidation sites excluding steroid dienone is 2. The maximum atomic E-state index is 5.15. The van der Waals surface area contributed by atoms with Crippen molar-refractivity contribution in [3.63, 3.8) is 0 Å². The van der Waals surface area contributed by atoms with Gasteiger partial charge in [-0.15, -0.1) is 0 Å². The van der Waals surface area contributed by atoms with Gasteiger partial charge in [-0.1, -0.05) is 24.3 Å². The summed E-state index contributed by atoms with van der Waals surface area (Å²) in [6.07, 6.45) is 9.55. The molecule has 1 aliphatic rings. The van der Waals surface area contributed by atoms with Gasteiger partial charge in [0, 0.05) is 0 Å². The van der Waals surface area contributed by atoms with Gasteiger partial charge in [0.25, 0.3) is 0 Å². The Hall–Kier alpha value is -1.28. The number of hydrogen-bond donors (Lipinski definition) is 1. The van der Waals surface area contributed by atoms with Crippen LogP contribution in [0, 0.1) is 5.92 Å². The Morgan fingerprint density at radius 2 is 2.06 bits per heavy atom. The first kappa shape index (κ1) is 13.2. The van der Waals surface area contributed by atoms with Crippen molar-refractivity contribution in [2.45, 2.75) is 25.7 Å². The van der Waals surface area contributed by atoms with Gasteiger partial charge in [0.1, 0.15) is 5.75 Å². The molecule has 2 rings (SSSR count). The van der Waals surface area contributed by atoms with E-state index in [1.165, 1.54) is 24.8 Å². The quantitative estimate of drug-likeness (QED) is 0.614. The van der Waals surface area contributed by atoms with Crippen LogP contribution in [0.25, 0.3) is 0 Å². The Morgan fingerprint density at radius 3 is 2.72 bits per heavy atom. The van der Waals surface area contributed by atoms with Crippen molar-refractivity contribution >= 4 is 0 Å². The molecule has 0 saturated heterocycles. The first-order valence-electron chi connectivity index (χ1n) is 6.87. The number of rotatable bonds is 6. The van der Waals surface area contributed by atoms with Gasteiger partial charge in [-0.3, -0.25) is 0 Å². The van der Waals surface area contributed by atoms with Gasteiger partial charge < -0.3 is 10.1 Å². The van der Waals surface area contributed by atoms with Crippen LogP contribution in [0.15, 0.2) is 36.4 Å². The average molecular weight is 245 g/mol. The molecule has 2 heteroatoms. The molecule has 98 valence electrons. The highest BCUT2D eigenvalue weighted by molar-refractivity contribution is 5.27. The lowest BCUT2D eigenvalue weighted by Gasteiger charge is -2.18.